The van der Waals surface area contributed by atoms with E-state index in [-0.39, 0.29) is 23.6 Å². The van der Waals surface area contributed by atoms with Gasteiger partial charge >= 0.3 is 0 Å². The summed E-state index contributed by atoms with van der Waals surface area (Å²) in [6.07, 6.45) is 1.62. The minimum Gasteiger partial charge on any atom is -0.342 e. The highest BCUT2D eigenvalue weighted by atomic mass is 16.2. The molecule has 3 heterocycles. The molecule has 6 nitrogen and oxygen atoms in total. The number of para-hydroxylation sites is 1. The summed E-state index contributed by atoms with van der Waals surface area (Å²) in [5.41, 5.74) is 1.58. The number of carbonyl (C=O) groups excluding carboxylic acids is 3. The first-order valence-corrected chi connectivity index (χ1v) is 9.42. The van der Waals surface area contributed by atoms with Crippen molar-refractivity contribution in [3.05, 3.63) is 29.8 Å². The topological polar surface area (TPSA) is 60.9 Å². The highest BCUT2D eigenvalue weighted by Crippen LogP contribution is 2.47. The molecule has 0 aliphatic carbocycles. The molecule has 0 bridgehead atoms. The quantitative estimate of drug-likeness (QED) is 0.805. The number of likely N-dealkylation sites (tertiary alicyclic amines) is 2. The highest BCUT2D eigenvalue weighted by Gasteiger charge is 2.51. The fraction of sp³-hybridized carbons (Fsp3) is 0.550. The largest absolute Gasteiger partial charge is 0.342 e. The lowest BCUT2D eigenvalue weighted by Crippen LogP contribution is -2.51. The second-order valence-corrected chi connectivity index (χ2v) is 7.62. The Morgan fingerprint density at radius 2 is 1.88 bits per heavy atom. The van der Waals surface area contributed by atoms with E-state index >= 15 is 0 Å². The first-order chi connectivity index (χ1) is 12.5. The number of fused-ring (bicyclic) bond motifs is 2. The number of carbonyl (C=O) groups is 3. The molecule has 3 amide bonds. The normalized spacial score (nSPS) is 24.5. The van der Waals surface area contributed by atoms with Gasteiger partial charge in [-0.1, -0.05) is 18.2 Å². The van der Waals surface area contributed by atoms with Gasteiger partial charge in [-0.3, -0.25) is 14.4 Å². The Labute approximate surface area is 153 Å². The van der Waals surface area contributed by atoms with Crippen LogP contribution in [-0.2, 0) is 19.8 Å². The Kier molecular flexibility index (Phi) is 4.01. The monoisotopic (exact) mass is 355 g/mol. The van der Waals surface area contributed by atoms with Crippen LogP contribution in [0.25, 0.3) is 0 Å². The van der Waals surface area contributed by atoms with Gasteiger partial charge in [0.15, 0.2) is 0 Å². The van der Waals surface area contributed by atoms with E-state index in [0.717, 1.165) is 11.3 Å². The average Bonchev–Trinajstić information content (AvgIpc) is 3.15. The Morgan fingerprint density at radius 1 is 1.19 bits per heavy atom. The van der Waals surface area contributed by atoms with Crippen molar-refractivity contribution < 1.29 is 14.4 Å². The predicted octanol–water partition coefficient (Wildman–Crippen LogP) is 1.39. The zero-order chi connectivity index (χ0) is 18.5. The van der Waals surface area contributed by atoms with Gasteiger partial charge in [0.1, 0.15) is 0 Å². The van der Waals surface area contributed by atoms with E-state index in [4.69, 9.17) is 0 Å². The zero-order valence-corrected chi connectivity index (χ0v) is 15.4. The predicted molar refractivity (Wildman–Crippen MR) is 97.7 cm³/mol. The van der Waals surface area contributed by atoms with Crippen molar-refractivity contribution in [1.29, 1.82) is 0 Å². The molecule has 6 heteroatoms. The van der Waals surface area contributed by atoms with Crippen LogP contribution in [0.5, 0.6) is 0 Å². The molecule has 0 aromatic heterocycles. The van der Waals surface area contributed by atoms with E-state index < -0.39 is 5.41 Å². The number of benzene rings is 1. The summed E-state index contributed by atoms with van der Waals surface area (Å²) in [7, 11) is 1.83. The Hall–Kier alpha value is -2.37. The molecular weight excluding hydrogens is 330 g/mol. The molecule has 1 aromatic carbocycles. The van der Waals surface area contributed by atoms with Crippen molar-refractivity contribution in [2.75, 3.05) is 38.1 Å². The van der Waals surface area contributed by atoms with Gasteiger partial charge in [-0.05, 0) is 31.4 Å². The van der Waals surface area contributed by atoms with Crippen molar-refractivity contribution >= 4 is 23.4 Å². The number of rotatable bonds is 2. The fourth-order valence-corrected chi connectivity index (χ4v) is 4.81. The van der Waals surface area contributed by atoms with Crippen LogP contribution < -0.4 is 4.90 Å². The maximum Gasteiger partial charge on any atom is 0.237 e. The molecule has 0 N–H and O–H groups in total. The molecule has 26 heavy (non-hydrogen) atoms. The number of amides is 3. The molecule has 138 valence electrons. The van der Waals surface area contributed by atoms with Gasteiger partial charge in [0.2, 0.25) is 17.7 Å². The van der Waals surface area contributed by atoms with Crippen LogP contribution in [0.4, 0.5) is 5.69 Å². The molecule has 0 saturated carbocycles. The molecule has 3 aliphatic rings. The van der Waals surface area contributed by atoms with E-state index in [2.05, 4.69) is 0 Å². The molecule has 2 saturated heterocycles. The lowest BCUT2D eigenvalue weighted by molar-refractivity contribution is -0.139. The van der Waals surface area contributed by atoms with Gasteiger partial charge < -0.3 is 14.7 Å². The summed E-state index contributed by atoms with van der Waals surface area (Å²) in [6.45, 7) is 4.27. The number of piperidine rings is 1. The third-order valence-corrected chi connectivity index (χ3v) is 6.37. The van der Waals surface area contributed by atoms with Gasteiger partial charge in [0.25, 0.3) is 0 Å². The molecule has 2 fully saturated rings. The molecule has 0 radical (unpaired) electrons. The van der Waals surface area contributed by atoms with Crippen molar-refractivity contribution in [2.45, 2.75) is 31.6 Å². The minimum absolute atomic E-state index is 0.0660. The number of likely N-dealkylation sites (N-methyl/N-ethyl adjacent to an activating group) is 1. The van der Waals surface area contributed by atoms with Crippen LogP contribution >= 0.6 is 0 Å². The number of hydrogen-bond donors (Lipinski definition) is 0. The first kappa shape index (κ1) is 17.1. The van der Waals surface area contributed by atoms with Gasteiger partial charge in [0, 0.05) is 45.3 Å². The lowest BCUT2D eigenvalue weighted by Gasteiger charge is -2.39. The smallest absolute Gasteiger partial charge is 0.237 e. The van der Waals surface area contributed by atoms with E-state index in [1.807, 2.05) is 43.1 Å². The Bertz CT molecular complexity index is 767. The summed E-state index contributed by atoms with van der Waals surface area (Å²) in [4.78, 5) is 43.1. The van der Waals surface area contributed by atoms with Crippen molar-refractivity contribution in [2.24, 2.45) is 5.92 Å². The maximum absolute atomic E-state index is 13.0. The molecular formula is C20H25N3O3. The number of hydrogen-bond acceptors (Lipinski definition) is 3. The standard InChI is InChI=1S/C20H25N3O3/c1-3-22-13-14(12-17(22)24)18(25)23-10-8-20(9-11-23)15-6-4-5-7-16(15)21(2)19(20)26/h4-7,14H,3,8-13H2,1-2H3/t14-/m0/s1. The second-order valence-electron chi connectivity index (χ2n) is 7.62. The summed E-state index contributed by atoms with van der Waals surface area (Å²) in [5, 5.41) is 0. The van der Waals surface area contributed by atoms with Crippen LogP contribution in [0.2, 0.25) is 0 Å². The highest BCUT2D eigenvalue weighted by molar-refractivity contribution is 6.08. The minimum atomic E-state index is -0.497. The Morgan fingerprint density at radius 3 is 2.54 bits per heavy atom. The van der Waals surface area contributed by atoms with E-state index in [1.54, 1.807) is 9.80 Å². The van der Waals surface area contributed by atoms with E-state index in [1.165, 1.54) is 0 Å². The lowest BCUT2D eigenvalue weighted by atomic mass is 9.73. The van der Waals surface area contributed by atoms with E-state index in [0.29, 0.717) is 45.4 Å². The molecule has 3 aliphatic heterocycles. The van der Waals surface area contributed by atoms with Gasteiger partial charge in [-0.15, -0.1) is 0 Å². The van der Waals surface area contributed by atoms with Crippen LogP contribution in [0.3, 0.4) is 0 Å². The van der Waals surface area contributed by atoms with Crippen LogP contribution in [0.1, 0.15) is 31.7 Å². The number of nitrogens with zero attached hydrogens (tertiary/aromatic N) is 3. The summed E-state index contributed by atoms with van der Waals surface area (Å²) < 4.78 is 0. The number of anilines is 1. The van der Waals surface area contributed by atoms with Crippen LogP contribution in [-0.4, -0.2) is 60.7 Å². The van der Waals surface area contributed by atoms with E-state index in [9.17, 15) is 14.4 Å². The summed E-state index contributed by atoms with van der Waals surface area (Å²) >= 11 is 0. The molecule has 4 rings (SSSR count). The average molecular weight is 355 g/mol. The Balaban J connectivity index is 1.49. The fourth-order valence-electron chi connectivity index (χ4n) is 4.81. The summed E-state index contributed by atoms with van der Waals surface area (Å²) in [6, 6.07) is 7.97. The third-order valence-electron chi connectivity index (χ3n) is 6.37. The van der Waals surface area contributed by atoms with Crippen LogP contribution in [0.15, 0.2) is 24.3 Å². The third kappa shape index (κ3) is 2.35. The first-order valence-electron chi connectivity index (χ1n) is 9.42. The van der Waals surface area contributed by atoms with Crippen molar-refractivity contribution in [3.63, 3.8) is 0 Å². The molecule has 1 spiro atoms. The second kappa shape index (κ2) is 6.11. The summed E-state index contributed by atoms with van der Waals surface area (Å²) in [5.74, 6) is 0.0434. The van der Waals surface area contributed by atoms with Crippen molar-refractivity contribution in [3.8, 4) is 0 Å². The van der Waals surface area contributed by atoms with Crippen LogP contribution in [0, 0.1) is 5.92 Å². The molecule has 1 aromatic rings. The maximum atomic E-state index is 13.0. The van der Waals surface area contributed by atoms with Gasteiger partial charge in [-0.25, -0.2) is 0 Å². The molecule has 1 atom stereocenters. The SMILES string of the molecule is CCN1C[C@@H](C(=O)N2CCC3(CC2)C(=O)N(C)c2ccccc23)CC1=O. The van der Waals surface area contributed by atoms with Gasteiger partial charge in [0.05, 0.1) is 11.3 Å². The molecule has 0 unspecified atom stereocenters. The zero-order valence-electron chi connectivity index (χ0n) is 15.4. The van der Waals surface area contributed by atoms with Gasteiger partial charge in [-0.2, -0.15) is 0 Å². The van der Waals surface area contributed by atoms with Crippen molar-refractivity contribution in [1.82, 2.24) is 9.80 Å².